The molecule has 0 saturated carbocycles. The summed E-state index contributed by atoms with van der Waals surface area (Å²) in [6, 6.07) is 6.17. The first-order valence-electron chi connectivity index (χ1n) is 7.48. The summed E-state index contributed by atoms with van der Waals surface area (Å²) in [5, 5.41) is 0.778. The first-order chi connectivity index (χ1) is 9.18. The van der Waals surface area contributed by atoms with Gasteiger partial charge in [-0.25, -0.2) is 0 Å². The molecule has 0 unspecified atom stereocenters. The van der Waals surface area contributed by atoms with Crippen molar-refractivity contribution >= 4 is 17.3 Å². The van der Waals surface area contributed by atoms with Crippen molar-refractivity contribution in [1.29, 1.82) is 0 Å². The highest BCUT2D eigenvalue weighted by Crippen LogP contribution is 2.29. The quantitative estimate of drug-likeness (QED) is 0.863. The number of rotatable bonds is 2. The van der Waals surface area contributed by atoms with Crippen molar-refractivity contribution in [1.82, 2.24) is 0 Å². The standard InChI is InChI=1S/C16H25ClN2/c1-13(18)15-12-14(17)8-9-16(15)19-10-6-4-2-3-5-7-11-19/h8-9,12-13H,2-7,10-11,18H2,1H3/t13-/m1/s1. The van der Waals surface area contributed by atoms with E-state index in [1.54, 1.807) is 0 Å². The Balaban J connectivity index is 2.22. The second-order valence-electron chi connectivity index (χ2n) is 5.60. The van der Waals surface area contributed by atoms with Crippen LogP contribution in [0.15, 0.2) is 18.2 Å². The molecule has 1 aromatic rings. The minimum atomic E-state index is 0.0290. The topological polar surface area (TPSA) is 29.3 Å². The fourth-order valence-electron chi connectivity index (χ4n) is 2.84. The first kappa shape index (κ1) is 14.7. The number of benzene rings is 1. The molecule has 106 valence electrons. The molecule has 2 N–H and O–H groups in total. The molecule has 0 amide bonds. The van der Waals surface area contributed by atoms with E-state index in [1.807, 2.05) is 19.1 Å². The lowest BCUT2D eigenvalue weighted by molar-refractivity contribution is 0.636. The maximum Gasteiger partial charge on any atom is 0.0415 e. The first-order valence-corrected chi connectivity index (χ1v) is 7.86. The maximum absolute atomic E-state index is 6.11. The normalized spacial score (nSPS) is 19.4. The van der Waals surface area contributed by atoms with Crippen LogP contribution in [0.2, 0.25) is 5.02 Å². The van der Waals surface area contributed by atoms with Crippen LogP contribution in [-0.4, -0.2) is 13.1 Å². The molecule has 1 aliphatic rings. The van der Waals surface area contributed by atoms with E-state index in [9.17, 15) is 0 Å². The summed E-state index contributed by atoms with van der Waals surface area (Å²) < 4.78 is 0. The lowest BCUT2D eigenvalue weighted by atomic mass is 10.1. The summed E-state index contributed by atoms with van der Waals surface area (Å²) in [6.45, 7) is 4.31. The van der Waals surface area contributed by atoms with Crippen LogP contribution >= 0.6 is 11.6 Å². The molecular weight excluding hydrogens is 256 g/mol. The van der Waals surface area contributed by atoms with Crippen LogP contribution in [0.1, 0.15) is 57.1 Å². The van der Waals surface area contributed by atoms with Gasteiger partial charge >= 0.3 is 0 Å². The third-order valence-electron chi connectivity index (χ3n) is 3.93. The average molecular weight is 281 g/mol. The molecule has 0 radical (unpaired) electrons. The Bertz CT molecular complexity index is 394. The molecule has 1 saturated heterocycles. The van der Waals surface area contributed by atoms with Crippen LogP contribution in [0.25, 0.3) is 0 Å². The lowest BCUT2D eigenvalue weighted by Crippen LogP contribution is -2.27. The molecule has 0 bridgehead atoms. The Labute approximate surface area is 121 Å². The fraction of sp³-hybridized carbons (Fsp3) is 0.625. The highest BCUT2D eigenvalue weighted by Gasteiger charge is 2.15. The van der Waals surface area contributed by atoms with Gasteiger partial charge in [0.2, 0.25) is 0 Å². The molecule has 1 fully saturated rings. The average Bonchev–Trinajstić information content (AvgIpc) is 2.52. The van der Waals surface area contributed by atoms with Crippen molar-refractivity contribution < 1.29 is 0 Å². The third kappa shape index (κ3) is 4.12. The van der Waals surface area contributed by atoms with Crippen molar-refractivity contribution in [3.8, 4) is 0 Å². The highest BCUT2D eigenvalue weighted by atomic mass is 35.5. The number of halogens is 1. The Morgan fingerprint density at radius 1 is 1.05 bits per heavy atom. The van der Waals surface area contributed by atoms with Gasteiger partial charge in [0.05, 0.1) is 0 Å². The largest absolute Gasteiger partial charge is 0.371 e. The van der Waals surface area contributed by atoms with Crippen molar-refractivity contribution in [3.63, 3.8) is 0 Å². The van der Waals surface area contributed by atoms with Crippen LogP contribution in [0, 0.1) is 0 Å². The molecular formula is C16H25ClN2. The number of nitrogens with two attached hydrogens (primary N) is 1. The molecule has 1 aliphatic heterocycles. The van der Waals surface area contributed by atoms with Gasteiger partial charge in [0, 0.05) is 29.8 Å². The molecule has 0 spiro atoms. The van der Waals surface area contributed by atoms with Crippen LogP contribution in [-0.2, 0) is 0 Å². The van der Waals surface area contributed by atoms with Gasteiger partial charge in [0.25, 0.3) is 0 Å². The Morgan fingerprint density at radius 2 is 1.63 bits per heavy atom. The fourth-order valence-corrected chi connectivity index (χ4v) is 3.02. The number of anilines is 1. The zero-order chi connectivity index (χ0) is 13.7. The van der Waals surface area contributed by atoms with Gasteiger partial charge in [0.15, 0.2) is 0 Å². The van der Waals surface area contributed by atoms with Gasteiger partial charge in [-0.3, -0.25) is 0 Å². The predicted molar refractivity (Wildman–Crippen MR) is 84.0 cm³/mol. The van der Waals surface area contributed by atoms with E-state index in [4.69, 9.17) is 17.3 Å². The second-order valence-corrected chi connectivity index (χ2v) is 6.04. The van der Waals surface area contributed by atoms with E-state index in [0.29, 0.717) is 0 Å². The van der Waals surface area contributed by atoms with Crippen molar-refractivity contribution in [2.75, 3.05) is 18.0 Å². The highest BCUT2D eigenvalue weighted by molar-refractivity contribution is 6.30. The molecule has 2 nitrogen and oxygen atoms in total. The summed E-state index contributed by atoms with van der Waals surface area (Å²) >= 11 is 6.11. The second kappa shape index (κ2) is 7.16. The monoisotopic (exact) mass is 280 g/mol. The summed E-state index contributed by atoms with van der Waals surface area (Å²) in [7, 11) is 0. The molecule has 1 aromatic carbocycles. The van der Waals surface area contributed by atoms with Crippen molar-refractivity contribution in [3.05, 3.63) is 28.8 Å². The lowest BCUT2D eigenvalue weighted by Gasteiger charge is -2.28. The number of hydrogen-bond donors (Lipinski definition) is 1. The maximum atomic E-state index is 6.11. The van der Waals surface area contributed by atoms with Crippen LogP contribution < -0.4 is 10.6 Å². The van der Waals surface area contributed by atoms with Crippen LogP contribution in [0.5, 0.6) is 0 Å². The van der Waals surface area contributed by atoms with Gasteiger partial charge in [0.1, 0.15) is 0 Å². The Kier molecular flexibility index (Phi) is 5.53. The number of nitrogens with zero attached hydrogens (tertiary/aromatic N) is 1. The molecule has 0 aromatic heterocycles. The van der Waals surface area contributed by atoms with Gasteiger partial charge in [-0.2, -0.15) is 0 Å². The van der Waals surface area contributed by atoms with Gasteiger partial charge in [-0.15, -0.1) is 0 Å². The van der Waals surface area contributed by atoms with E-state index in [0.717, 1.165) is 18.1 Å². The van der Waals surface area contributed by atoms with Crippen LogP contribution in [0.3, 0.4) is 0 Å². The summed E-state index contributed by atoms with van der Waals surface area (Å²) in [4.78, 5) is 2.50. The minimum Gasteiger partial charge on any atom is -0.371 e. The third-order valence-corrected chi connectivity index (χ3v) is 4.16. The molecule has 1 atom stereocenters. The Morgan fingerprint density at radius 3 is 2.21 bits per heavy atom. The number of hydrogen-bond acceptors (Lipinski definition) is 2. The van der Waals surface area contributed by atoms with E-state index in [1.165, 1.54) is 49.8 Å². The molecule has 2 rings (SSSR count). The van der Waals surface area contributed by atoms with Crippen molar-refractivity contribution in [2.24, 2.45) is 5.73 Å². The molecule has 0 aliphatic carbocycles. The van der Waals surface area contributed by atoms with Crippen LogP contribution in [0.4, 0.5) is 5.69 Å². The Hall–Kier alpha value is -0.730. The van der Waals surface area contributed by atoms with Gasteiger partial charge in [-0.05, 0) is 43.5 Å². The van der Waals surface area contributed by atoms with E-state index < -0.39 is 0 Å². The van der Waals surface area contributed by atoms with E-state index in [2.05, 4.69) is 11.0 Å². The van der Waals surface area contributed by atoms with Gasteiger partial charge < -0.3 is 10.6 Å². The minimum absolute atomic E-state index is 0.0290. The SMILES string of the molecule is C[C@@H](N)c1cc(Cl)ccc1N1CCCCCCCC1. The summed E-state index contributed by atoms with van der Waals surface area (Å²) in [5.74, 6) is 0. The summed E-state index contributed by atoms with van der Waals surface area (Å²) in [5.41, 5.74) is 8.56. The zero-order valence-corrected chi connectivity index (χ0v) is 12.6. The molecule has 3 heteroatoms. The summed E-state index contributed by atoms with van der Waals surface area (Å²) in [6.07, 6.45) is 8.01. The zero-order valence-electron chi connectivity index (χ0n) is 11.9. The molecule has 1 heterocycles. The van der Waals surface area contributed by atoms with E-state index in [-0.39, 0.29) is 6.04 Å². The van der Waals surface area contributed by atoms with E-state index >= 15 is 0 Å². The molecule has 19 heavy (non-hydrogen) atoms. The van der Waals surface area contributed by atoms with Gasteiger partial charge in [-0.1, -0.05) is 37.3 Å². The predicted octanol–water partition coefficient (Wildman–Crippen LogP) is 4.52. The van der Waals surface area contributed by atoms with Crippen molar-refractivity contribution in [2.45, 2.75) is 51.5 Å². The smallest absolute Gasteiger partial charge is 0.0415 e.